The summed E-state index contributed by atoms with van der Waals surface area (Å²) in [7, 11) is 0. The van der Waals surface area contributed by atoms with Gasteiger partial charge in [0.2, 0.25) is 5.91 Å². The minimum absolute atomic E-state index is 0.0312. The highest BCUT2D eigenvalue weighted by Gasteiger charge is 2.52. The number of para-hydroxylation sites is 1. The molecule has 0 heterocycles. The second-order valence-electron chi connectivity index (χ2n) is 5.13. The molecule has 0 saturated heterocycles. The van der Waals surface area contributed by atoms with Crippen molar-refractivity contribution < 1.29 is 10.0 Å². The van der Waals surface area contributed by atoms with E-state index in [4.69, 9.17) is 10.9 Å². The van der Waals surface area contributed by atoms with Gasteiger partial charge in [0.1, 0.15) is 5.41 Å². The predicted octanol–water partition coefficient (Wildman–Crippen LogP) is 3.31. The molecule has 1 saturated carbocycles. The number of carbonyl (C=O) groups excluding carboxylic acids is 1. The van der Waals surface area contributed by atoms with Crippen LogP contribution in [0.1, 0.15) is 19.8 Å². The topological polar surface area (TPSA) is 87.7 Å². The number of carbonyl (C=O) groups is 1. The molecule has 1 aromatic rings. The number of nitrogens with two attached hydrogens (primary N) is 1. The number of oxime groups is 1. The van der Waals surface area contributed by atoms with Gasteiger partial charge in [-0.05, 0) is 62.8 Å². The maximum Gasteiger partial charge on any atom is 0.238 e. The van der Waals surface area contributed by atoms with Crippen LogP contribution in [0.25, 0.3) is 0 Å². The molecule has 4 N–H and O–H groups in total. The molecule has 5 nitrogen and oxygen atoms in total. The minimum atomic E-state index is -0.914. The quantitative estimate of drug-likeness (QED) is 0.312. The van der Waals surface area contributed by atoms with E-state index in [0.29, 0.717) is 24.4 Å². The average Bonchev–Trinajstić information content (AvgIpc) is 2.38. The molecule has 108 valence electrons. The largest absolute Gasteiger partial charge is 0.409 e. The standard InChI is InChI=1S/C13H15Br2N3O2/c1-7-5-13(6-7,11(16)18-20)12(19)17-10-8(14)3-2-4-9(10)15/h2-4,7,20H,5-6H2,1H3,(H2,16,18)(H,17,19). The van der Waals surface area contributed by atoms with Crippen LogP contribution in [0.4, 0.5) is 5.69 Å². The molecule has 7 heteroatoms. The highest BCUT2D eigenvalue weighted by atomic mass is 79.9. The number of nitrogens with one attached hydrogen (secondary N) is 1. The molecule has 1 fully saturated rings. The normalized spacial score (nSPS) is 25.9. The SMILES string of the molecule is CC1CC(C(=O)Nc2c(Br)cccc2Br)(/C(N)=N/O)C1. The van der Waals surface area contributed by atoms with Crippen LogP contribution in [-0.2, 0) is 4.79 Å². The van der Waals surface area contributed by atoms with Crippen LogP contribution in [0.5, 0.6) is 0 Å². The van der Waals surface area contributed by atoms with Crippen LogP contribution >= 0.6 is 31.9 Å². The molecule has 1 aliphatic carbocycles. The maximum absolute atomic E-state index is 12.5. The van der Waals surface area contributed by atoms with E-state index in [1.807, 2.05) is 25.1 Å². The summed E-state index contributed by atoms with van der Waals surface area (Å²) in [6.45, 7) is 2.03. The third kappa shape index (κ3) is 2.56. The van der Waals surface area contributed by atoms with Gasteiger partial charge < -0.3 is 16.3 Å². The number of amides is 1. The van der Waals surface area contributed by atoms with Crippen molar-refractivity contribution in [1.29, 1.82) is 0 Å². The maximum atomic E-state index is 12.5. The van der Waals surface area contributed by atoms with Gasteiger partial charge in [-0.1, -0.05) is 18.1 Å². The van der Waals surface area contributed by atoms with Crippen molar-refractivity contribution >= 4 is 49.3 Å². The van der Waals surface area contributed by atoms with Crippen LogP contribution in [-0.4, -0.2) is 17.0 Å². The van der Waals surface area contributed by atoms with Crippen LogP contribution in [0.2, 0.25) is 0 Å². The Morgan fingerprint density at radius 1 is 1.45 bits per heavy atom. The molecule has 0 aromatic heterocycles. The molecule has 0 radical (unpaired) electrons. The molecule has 1 aromatic carbocycles. The van der Waals surface area contributed by atoms with Gasteiger partial charge in [0.25, 0.3) is 0 Å². The predicted molar refractivity (Wildman–Crippen MR) is 84.7 cm³/mol. The Kier molecular flexibility index (Phi) is 4.39. The first kappa shape index (κ1) is 15.3. The summed E-state index contributed by atoms with van der Waals surface area (Å²) in [4.78, 5) is 12.5. The summed E-state index contributed by atoms with van der Waals surface area (Å²) in [6.07, 6.45) is 1.16. The van der Waals surface area contributed by atoms with Gasteiger partial charge >= 0.3 is 0 Å². The van der Waals surface area contributed by atoms with Crippen molar-refractivity contribution in [3.8, 4) is 0 Å². The average molecular weight is 405 g/mol. The molecule has 2 rings (SSSR count). The first-order valence-electron chi connectivity index (χ1n) is 6.14. The number of benzene rings is 1. The summed E-state index contributed by atoms with van der Waals surface area (Å²) in [5.74, 6) is 0.0958. The molecule has 0 spiro atoms. The summed E-state index contributed by atoms with van der Waals surface area (Å²) in [5, 5.41) is 14.8. The Morgan fingerprint density at radius 2 is 2.00 bits per heavy atom. The molecule has 0 atom stereocenters. The van der Waals surface area contributed by atoms with Crippen molar-refractivity contribution in [1.82, 2.24) is 0 Å². The molecular formula is C13H15Br2N3O2. The number of hydrogen-bond acceptors (Lipinski definition) is 3. The molecule has 0 aliphatic heterocycles. The van der Waals surface area contributed by atoms with Crippen LogP contribution in [0, 0.1) is 11.3 Å². The van der Waals surface area contributed by atoms with E-state index in [9.17, 15) is 4.79 Å². The zero-order chi connectivity index (χ0) is 14.9. The van der Waals surface area contributed by atoms with Gasteiger partial charge in [0.05, 0.1) is 5.69 Å². The van der Waals surface area contributed by atoms with Crippen molar-refractivity contribution in [2.45, 2.75) is 19.8 Å². The third-order valence-corrected chi connectivity index (χ3v) is 4.95. The Bertz CT molecular complexity index is 548. The van der Waals surface area contributed by atoms with E-state index >= 15 is 0 Å². The highest BCUT2D eigenvalue weighted by Crippen LogP contribution is 2.47. The van der Waals surface area contributed by atoms with E-state index in [1.165, 1.54) is 0 Å². The number of nitrogens with zero attached hydrogens (tertiary/aromatic N) is 1. The number of anilines is 1. The van der Waals surface area contributed by atoms with Crippen LogP contribution in [0.15, 0.2) is 32.3 Å². The lowest BCUT2D eigenvalue weighted by atomic mass is 9.61. The zero-order valence-corrected chi connectivity index (χ0v) is 14.0. The number of hydrogen-bond donors (Lipinski definition) is 3. The van der Waals surface area contributed by atoms with Crippen molar-refractivity contribution in [3.63, 3.8) is 0 Å². The Morgan fingerprint density at radius 3 is 2.45 bits per heavy atom. The van der Waals surface area contributed by atoms with Crippen molar-refractivity contribution in [3.05, 3.63) is 27.1 Å². The van der Waals surface area contributed by atoms with E-state index < -0.39 is 5.41 Å². The molecule has 0 bridgehead atoms. The van der Waals surface area contributed by atoms with Gasteiger partial charge in [-0.15, -0.1) is 0 Å². The van der Waals surface area contributed by atoms with E-state index in [0.717, 1.165) is 8.95 Å². The lowest BCUT2D eigenvalue weighted by Gasteiger charge is -2.43. The Labute approximate surface area is 133 Å². The van der Waals surface area contributed by atoms with Crippen molar-refractivity contribution in [2.75, 3.05) is 5.32 Å². The number of halogens is 2. The van der Waals surface area contributed by atoms with E-state index in [-0.39, 0.29) is 11.7 Å². The fourth-order valence-corrected chi connectivity index (χ4v) is 3.78. The lowest BCUT2D eigenvalue weighted by molar-refractivity contribution is -0.127. The van der Waals surface area contributed by atoms with E-state index in [1.54, 1.807) is 0 Å². The molecule has 0 unspecified atom stereocenters. The monoisotopic (exact) mass is 403 g/mol. The highest BCUT2D eigenvalue weighted by molar-refractivity contribution is 9.11. The van der Waals surface area contributed by atoms with Crippen molar-refractivity contribution in [2.24, 2.45) is 22.2 Å². The van der Waals surface area contributed by atoms with Gasteiger partial charge in [-0.25, -0.2) is 0 Å². The smallest absolute Gasteiger partial charge is 0.238 e. The van der Waals surface area contributed by atoms with Crippen LogP contribution in [0.3, 0.4) is 0 Å². The van der Waals surface area contributed by atoms with Gasteiger partial charge in [-0.2, -0.15) is 0 Å². The van der Waals surface area contributed by atoms with Gasteiger partial charge in [0.15, 0.2) is 5.84 Å². The van der Waals surface area contributed by atoms with Gasteiger partial charge in [-0.3, -0.25) is 4.79 Å². The van der Waals surface area contributed by atoms with Gasteiger partial charge in [0, 0.05) is 8.95 Å². The minimum Gasteiger partial charge on any atom is -0.409 e. The van der Waals surface area contributed by atoms with E-state index in [2.05, 4.69) is 42.3 Å². The summed E-state index contributed by atoms with van der Waals surface area (Å²) in [6, 6.07) is 5.52. The first-order valence-corrected chi connectivity index (χ1v) is 7.73. The molecule has 20 heavy (non-hydrogen) atoms. The molecular weight excluding hydrogens is 390 g/mol. The third-order valence-electron chi connectivity index (χ3n) is 3.63. The molecule has 1 amide bonds. The second kappa shape index (κ2) is 5.73. The Balaban J connectivity index is 2.27. The fourth-order valence-electron chi connectivity index (χ4n) is 2.59. The molecule has 1 aliphatic rings. The number of amidine groups is 1. The Hall–Kier alpha value is -1.08. The summed E-state index contributed by atoms with van der Waals surface area (Å²) < 4.78 is 1.53. The summed E-state index contributed by atoms with van der Waals surface area (Å²) in [5.41, 5.74) is 5.45. The number of rotatable bonds is 3. The summed E-state index contributed by atoms with van der Waals surface area (Å²) >= 11 is 6.79. The first-order chi connectivity index (χ1) is 9.40. The second-order valence-corrected chi connectivity index (χ2v) is 6.84. The fraction of sp³-hybridized carbons (Fsp3) is 0.385. The zero-order valence-electron chi connectivity index (χ0n) is 10.9. The van der Waals surface area contributed by atoms with Crippen LogP contribution < -0.4 is 11.1 Å². The lowest BCUT2D eigenvalue weighted by Crippen LogP contribution is -2.54.